The first-order chi connectivity index (χ1) is 11.2. The third kappa shape index (κ3) is 4.01. The van der Waals surface area contributed by atoms with Crippen LogP contribution >= 0.6 is 11.8 Å². The predicted molar refractivity (Wildman–Crippen MR) is 88.9 cm³/mol. The molecule has 0 unspecified atom stereocenters. The van der Waals surface area contributed by atoms with Crippen LogP contribution in [-0.2, 0) is 10.5 Å². The molecule has 5 nitrogen and oxygen atoms in total. The summed E-state index contributed by atoms with van der Waals surface area (Å²) in [5.41, 5.74) is 1.05. The van der Waals surface area contributed by atoms with Crippen molar-refractivity contribution in [1.29, 1.82) is 0 Å². The molecule has 0 saturated heterocycles. The molecule has 6 heteroatoms. The SMILES string of the molecule is C[C@H](NC(=O)CSCc1cccc2c1OCCO2)c1ccco1. The number of amides is 1. The molecule has 0 spiro atoms. The molecular formula is C17H19NO4S. The van der Waals surface area contributed by atoms with E-state index in [0.29, 0.717) is 24.7 Å². The van der Waals surface area contributed by atoms with Crippen molar-refractivity contribution in [3.63, 3.8) is 0 Å². The topological polar surface area (TPSA) is 60.7 Å². The Morgan fingerprint density at radius 1 is 1.26 bits per heavy atom. The Morgan fingerprint density at radius 2 is 2.13 bits per heavy atom. The maximum absolute atomic E-state index is 12.0. The van der Waals surface area contributed by atoms with Crippen molar-refractivity contribution < 1.29 is 18.7 Å². The number of hydrogen-bond donors (Lipinski definition) is 1. The minimum absolute atomic E-state index is 0.0131. The van der Waals surface area contributed by atoms with Crippen molar-refractivity contribution in [2.45, 2.75) is 18.7 Å². The van der Waals surface area contributed by atoms with Crippen LogP contribution in [0.2, 0.25) is 0 Å². The van der Waals surface area contributed by atoms with Gasteiger partial charge in [-0.2, -0.15) is 0 Å². The van der Waals surface area contributed by atoms with Gasteiger partial charge in [0.15, 0.2) is 11.5 Å². The number of para-hydroxylation sites is 1. The number of carbonyl (C=O) groups excluding carboxylic acids is 1. The van der Waals surface area contributed by atoms with Gasteiger partial charge in [-0.05, 0) is 25.1 Å². The molecule has 1 N–H and O–H groups in total. The summed E-state index contributed by atoms with van der Waals surface area (Å²) in [6.45, 7) is 3.05. The van der Waals surface area contributed by atoms with E-state index in [1.54, 1.807) is 18.0 Å². The van der Waals surface area contributed by atoms with Crippen molar-refractivity contribution in [3.8, 4) is 11.5 Å². The molecule has 122 valence electrons. The Bertz CT molecular complexity index is 657. The van der Waals surface area contributed by atoms with Crippen LogP contribution in [-0.4, -0.2) is 24.9 Å². The van der Waals surface area contributed by atoms with Crippen LogP contribution in [0.4, 0.5) is 0 Å². The summed E-state index contributed by atoms with van der Waals surface area (Å²) in [6, 6.07) is 9.39. The number of furan rings is 1. The van der Waals surface area contributed by atoms with Gasteiger partial charge in [0.1, 0.15) is 19.0 Å². The third-order valence-electron chi connectivity index (χ3n) is 3.49. The number of fused-ring (bicyclic) bond motifs is 1. The zero-order valence-electron chi connectivity index (χ0n) is 12.9. The molecule has 0 saturated carbocycles. The molecular weight excluding hydrogens is 314 g/mol. The van der Waals surface area contributed by atoms with Crippen molar-refractivity contribution in [2.75, 3.05) is 19.0 Å². The molecule has 0 aliphatic carbocycles. The first kappa shape index (κ1) is 15.8. The quantitative estimate of drug-likeness (QED) is 0.880. The normalized spacial score (nSPS) is 14.3. The van der Waals surface area contributed by atoms with Gasteiger partial charge in [-0.15, -0.1) is 11.8 Å². The van der Waals surface area contributed by atoms with Crippen molar-refractivity contribution >= 4 is 17.7 Å². The Labute approximate surface area is 139 Å². The lowest BCUT2D eigenvalue weighted by molar-refractivity contribution is -0.119. The van der Waals surface area contributed by atoms with Gasteiger partial charge in [-0.25, -0.2) is 0 Å². The number of rotatable bonds is 6. The van der Waals surface area contributed by atoms with Crippen LogP contribution in [0.1, 0.15) is 24.3 Å². The van der Waals surface area contributed by atoms with E-state index in [-0.39, 0.29) is 11.9 Å². The summed E-state index contributed by atoms with van der Waals surface area (Å²) in [5.74, 6) is 3.41. The van der Waals surface area contributed by atoms with Crippen molar-refractivity contribution in [1.82, 2.24) is 5.32 Å². The van der Waals surface area contributed by atoms with E-state index >= 15 is 0 Å². The largest absolute Gasteiger partial charge is 0.486 e. The lowest BCUT2D eigenvalue weighted by atomic mass is 10.2. The summed E-state index contributed by atoms with van der Waals surface area (Å²) >= 11 is 1.55. The third-order valence-corrected chi connectivity index (χ3v) is 4.47. The molecule has 3 rings (SSSR count). The number of hydrogen-bond acceptors (Lipinski definition) is 5. The summed E-state index contributed by atoms with van der Waals surface area (Å²) in [7, 11) is 0. The van der Waals surface area contributed by atoms with Crippen LogP contribution < -0.4 is 14.8 Å². The second-order valence-electron chi connectivity index (χ2n) is 5.24. The zero-order valence-corrected chi connectivity index (χ0v) is 13.7. The highest BCUT2D eigenvalue weighted by Gasteiger charge is 2.16. The number of carbonyl (C=O) groups is 1. The molecule has 1 atom stereocenters. The Kier molecular flexibility index (Phi) is 5.12. The fraction of sp³-hybridized carbons (Fsp3) is 0.353. The molecule has 2 aromatic rings. The van der Waals surface area contributed by atoms with Crippen LogP contribution in [0, 0.1) is 0 Å². The molecule has 23 heavy (non-hydrogen) atoms. The average Bonchev–Trinajstić information content (AvgIpc) is 3.10. The van der Waals surface area contributed by atoms with Gasteiger partial charge >= 0.3 is 0 Å². The fourth-order valence-electron chi connectivity index (χ4n) is 2.39. The summed E-state index contributed by atoms with van der Waals surface area (Å²) in [4.78, 5) is 12.0. The molecule has 1 amide bonds. The lowest BCUT2D eigenvalue weighted by Crippen LogP contribution is -2.28. The predicted octanol–water partition coefficient (Wildman–Crippen LogP) is 3.16. The summed E-state index contributed by atoms with van der Waals surface area (Å²) in [6.07, 6.45) is 1.60. The van der Waals surface area contributed by atoms with E-state index in [9.17, 15) is 4.79 Å². The van der Waals surface area contributed by atoms with Crippen LogP contribution in [0.15, 0.2) is 41.0 Å². The van der Waals surface area contributed by atoms with Crippen LogP contribution in [0.3, 0.4) is 0 Å². The van der Waals surface area contributed by atoms with E-state index in [0.717, 1.165) is 22.8 Å². The van der Waals surface area contributed by atoms with Crippen molar-refractivity contribution in [3.05, 3.63) is 47.9 Å². The maximum atomic E-state index is 12.0. The number of thioether (sulfide) groups is 1. The van der Waals surface area contributed by atoms with E-state index in [2.05, 4.69) is 5.32 Å². The smallest absolute Gasteiger partial charge is 0.230 e. The zero-order chi connectivity index (χ0) is 16.1. The Hall–Kier alpha value is -2.08. The molecule has 1 aliphatic heterocycles. The van der Waals surface area contributed by atoms with E-state index in [4.69, 9.17) is 13.9 Å². The lowest BCUT2D eigenvalue weighted by Gasteiger charge is -2.20. The van der Waals surface area contributed by atoms with E-state index in [1.165, 1.54) is 0 Å². The highest BCUT2D eigenvalue weighted by molar-refractivity contribution is 7.99. The molecule has 0 radical (unpaired) electrons. The number of ether oxygens (including phenoxy) is 2. The van der Waals surface area contributed by atoms with Crippen molar-refractivity contribution in [2.24, 2.45) is 0 Å². The molecule has 0 fully saturated rings. The molecule has 1 aromatic heterocycles. The molecule has 1 aromatic carbocycles. The highest BCUT2D eigenvalue weighted by Crippen LogP contribution is 2.35. The van der Waals surface area contributed by atoms with Gasteiger partial charge in [-0.1, -0.05) is 12.1 Å². The second kappa shape index (κ2) is 7.46. The van der Waals surface area contributed by atoms with Gasteiger partial charge < -0.3 is 19.2 Å². The summed E-state index contributed by atoms with van der Waals surface area (Å²) in [5, 5.41) is 2.92. The number of benzene rings is 1. The van der Waals surface area contributed by atoms with E-state index < -0.39 is 0 Å². The number of nitrogens with one attached hydrogen (secondary N) is 1. The van der Waals surface area contributed by atoms with Gasteiger partial charge in [0.25, 0.3) is 0 Å². The first-order valence-corrected chi connectivity index (χ1v) is 8.67. The molecule has 1 aliphatic rings. The van der Waals surface area contributed by atoms with Crippen LogP contribution in [0.25, 0.3) is 0 Å². The average molecular weight is 333 g/mol. The Balaban J connectivity index is 1.49. The maximum Gasteiger partial charge on any atom is 0.230 e. The Morgan fingerprint density at radius 3 is 2.96 bits per heavy atom. The van der Waals surface area contributed by atoms with Gasteiger partial charge in [-0.3, -0.25) is 4.79 Å². The van der Waals surface area contributed by atoms with Gasteiger partial charge in [0.2, 0.25) is 5.91 Å². The molecule has 0 bridgehead atoms. The highest BCUT2D eigenvalue weighted by atomic mass is 32.2. The monoisotopic (exact) mass is 333 g/mol. The minimum Gasteiger partial charge on any atom is -0.486 e. The van der Waals surface area contributed by atoms with Gasteiger partial charge in [0, 0.05) is 11.3 Å². The first-order valence-electron chi connectivity index (χ1n) is 7.52. The molecule has 2 heterocycles. The van der Waals surface area contributed by atoms with Crippen LogP contribution in [0.5, 0.6) is 11.5 Å². The van der Waals surface area contributed by atoms with E-state index in [1.807, 2.05) is 37.3 Å². The standard InChI is InChI=1S/C17H19NO4S/c1-12(14-6-3-7-20-14)18-16(19)11-23-10-13-4-2-5-15-17(13)22-9-8-21-15/h2-7,12H,8-11H2,1H3,(H,18,19)/t12-/m0/s1. The second-order valence-corrected chi connectivity index (χ2v) is 6.22. The summed E-state index contributed by atoms with van der Waals surface area (Å²) < 4.78 is 16.5. The van der Waals surface area contributed by atoms with Gasteiger partial charge in [0.05, 0.1) is 18.1 Å². The fourth-order valence-corrected chi connectivity index (χ4v) is 3.21. The minimum atomic E-state index is -0.126.